The second-order valence-electron chi connectivity index (χ2n) is 9.00. The van der Waals surface area contributed by atoms with Gasteiger partial charge in [-0.15, -0.1) is 0 Å². The first-order chi connectivity index (χ1) is 10.7. The number of hydrogen-bond acceptors (Lipinski definition) is 1. The number of halogens is 2. The van der Waals surface area contributed by atoms with Gasteiger partial charge in [-0.3, -0.25) is 0 Å². The van der Waals surface area contributed by atoms with Crippen LogP contribution < -0.4 is 0 Å². The van der Waals surface area contributed by atoms with Crippen molar-refractivity contribution in [3.63, 3.8) is 0 Å². The van der Waals surface area contributed by atoms with Gasteiger partial charge in [0.25, 0.3) is 0 Å². The summed E-state index contributed by atoms with van der Waals surface area (Å²) in [5.74, 6) is 0.976. The van der Waals surface area contributed by atoms with Gasteiger partial charge in [0.2, 0.25) is 0 Å². The van der Waals surface area contributed by atoms with Crippen LogP contribution in [-0.4, -0.2) is 23.0 Å². The normalized spacial score (nSPS) is 23.8. The van der Waals surface area contributed by atoms with Crippen LogP contribution in [0.2, 0.25) is 43.8 Å². The summed E-state index contributed by atoms with van der Waals surface area (Å²) in [6.07, 6.45) is 12.0. The Balaban J connectivity index is 0. The standard InChI is InChI=1S/C17H36OSi2.2CH3.2ClH.Zr/c1-19(2,3)18-13-12-15-10-11-17(14-15)20(4,5)16-8-6-7-9-16;;;;;/h15-17H,6-14H2,1-5H3;2*1H3;2*1H;/q;2*-1;;;+4/p-2. The molecule has 1 nitrogen and oxygen atoms in total. The van der Waals surface area contributed by atoms with Crippen molar-refractivity contribution < 1.29 is 25.3 Å². The molecule has 2 saturated carbocycles. The SMILES string of the molecule is C[Si](C)(C)OCCC1CCC([Si](C)(C)C2CCCC2)C1.[CH3-].[CH3-].[Cl][Zr+2][Cl]. The second-order valence-corrected chi connectivity index (χ2v) is 22.5. The van der Waals surface area contributed by atoms with Crippen molar-refractivity contribution in [2.75, 3.05) is 6.61 Å². The van der Waals surface area contributed by atoms with Crippen LogP contribution in [0.15, 0.2) is 0 Å². The molecule has 2 aliphatic rings. The molecule has 6 heteroatoms. The van der Waals surface area contributed by atoms with Gasteiger partial charge < -0.3 is 19.3 Å². The molecule has 0 aliphatic heterocycles. The molecule has 2 fully saturated rings. The van der Waals surface area contributed by atoms with E-state index in [1.807, 2.05) is 0 Å². The van der Waals surface area contributed by atoms with Crippen molar-refractivity contribution in [2.45, 2.75) is 95.2 Å². The molecule has 2 aliphatic carbocycles. The Morgan fingerprint density at radius 2 is 1.40 bits per heavy atom. The summed E-state index contributed by atoms with van der Waals surface area (Å²) >= 11 is -0.826. The molecular weight excluding hydrogens is 463 g/mol. The Kier molecular flexibility index (Phi) is 16.2. The van der Waals surface area contributed by atoms with Crippen LogP contribution >= 0.6 is 17.0 Å². The Labute approximate surface area is 180 Å². The van der Waals surface area contributed by atoms with Gasteiger partial charge in [0, 0.05) is 6.61 Å². The van der Waals surface area contributed by atoms with Gasteiger partial charge in [0.1, 0.15) is 0 Å². The fourth-order valence-electron chi connectivity index (χ4n) is 4.55. The van der Waals surface area contributed by atoms with Gasteiger partial charge >= 0.3 is 37.9 Å². The molecule has 0 heterocycles. The van der Waals surface area contributed by atoms with Crippen molar-refractivity contribution >= 4 is 33.4 Å². The van der Waals surface area contributed by atoms with Crippen molar-refractivity contribution in [3.8, 4) is 0 Å². The topological polar surface area (TPSA) is 9.23 Å². The van der Waals surface area contributed by atoms with E-state index in [9.17, 15) is 0 Å². The Bertz CT molecular complexity index is 332. The van der Waals surface area contributed by atoms with Crippen LogP contribution in [0.4, 0.5) is 0 Å². The summed E-state index contributed by atoms with van der Waals surface area (Å²) < 4.78 is 6.06. The summed E-state index contributed by atoms with van der Waals surface area (Å²) in [6.45, 7) is 13.4. The van der Waals surface area contributed by atoms with E-state index in [2.05, 4.69) is 32.7 Å². The van der Waals surface area contributed by atoms with E-state index in [1.165, 1.54) is 38.5 Å². The summed E-state index contributed by atoms with van der Waals surface area (Å²) in [5.41, 5.74) is 2.26. The zero-order valence-electron chi connectivity index (χ0n) is 17.8. The molecule has 0 saturated heterocycles. The molecule has 0 amide bonds. The van der Waals surface area contributed by atoms with Gasteiger partial charge in [0.15, 0.2) is 8.32 Å². The van der Waals surface area contributed by atoms with Crippen LogP contribution in [0.25, 0.3) is 0 Å². The van der Waals surface area contributed by atoms with Crippen molar-refractivity contribution in [3.05, 3.63) is 14.9 Å². The second kappa shape index (κ2) is 13.9. The molecule has 0 N–H and O–H groups in total. The minimum atomic E-state index is -1.30. The average Bonchev–Trinajstić information content (AvgIpc) is 3.10. The van der Waals surface area contributed by atoms with E-state index >= 15 is 0 Å². The monoisotopic (exact) mass is 502 g/mol. The summed E-state index contributed by atoms with van der Waals surface area (Å²) in [5, 5.41) is 0. The van der Waals surface area contributed by atoms with Gasteiger partial charge in [-0.2, -0.15) is 0 Å². The van der Waals surface area contributed by atoms with Crippen LogP contribution in [0, 0.1) is 20.8 Å². The van der Waals surface area contributed by atoms with E-state index in [4.69, 9.17) is 21.5 Å². The predicted molar refractivity (Wildman–Crippen MR) is 119 cm³/mol. The zero-order chi connectivity index (χ0) is 17.5. The Morgan fingerprint density at radius 3 is 1.88 bits per heavy atom. The Hall–Kier alpha value is 1.86. The molecule has 150 valence electrons. The van der Waals surface area contributed by atoms with Crippen LogP contribution in [-0.2, 0) is 25.3 Å². The molecule has 0 aromatic rings. The predicted octanol–water partition coefficient (Wildman–Crippen LogP) is 8.33. The van der Waals surface area contributed by atoms with E-state index < -0.39 is 37.2 Å². The molecule has 0 aromatic heterocycles. The molecule has 25 heavy (non-hydrogen) atoms. The fraction of sp³-hybridized carbons (Fsp3) is 0.895. The van der Waals surface area contributed by atoms with E-state index in [-0.39, 0.29) is 14.9 Å². The zero-order valence-corrected chi connectivity index (χ0v) is 23.7. The third-order valence-corrected chi connectivity index (χ3v) is 12.4. The van der Waals surface area contributed by atoms with Crippen LogP contribution in [0.5, 0.6) is 0 Å². The van der Waals surface area contributed by atoms with Crippen molar-refractivity contribution in [1.82, 2.24) is 0 Å². The van der Waals surface area contributed by atoms with E-state index in [0.717, 1.165) is 23.6 Å². The minimum absolute atomic E-state index is 0. The summed E-state index contributed by atoms with van der Waals surface area (Å²) in [4.78, 5) is 0. The Morgan fingerprint density at radius 1 is 0.880 bits per heavy atom. The van der Waals surface area contributed by atoms with Gasteiger partial charge in [-0.25, -0.2) is 0 Å². The molecular formula is C19H42Cl2OSi2Zr. The van der Waals surface area contributed by atoms with Crippen molar-refractivity contribution in [2.24, 2.45) is 5.92 Å². The van der Waals surface area contributed by atoms with Gasteiger partial charge in [-0.1, -0.05) is 51.6 Å². The molecule has 0 spiro atoms. The summed E-state index contributed by atoms with van der Waals surface area (Å²) in [7, 11) is 7.59. The fourth-order valence-corrected chi connectivity index (χ4v) is 9.69. The number of rotatable bonds is 6. The maximum absolute atomic E-state index is 6.06. The number of hydrogen-bond donors (Lipinski definition) is 0. The first-order valence-electron chi connectivity index (χ1n) is 9.31. The van der Waals surface area contributed by atoms with Crippen LogP contribution in [0.3, 0.4) is 0 Å². The van der Waals surface area contributed by atoms with E-state index in [1.54, 1.807) is 12.8 Å². The molecule has 0 bridgehead atoms. The maximum atomic E-state index is 6.06. The van der Waals surface area contributed by atoms with Crippen molar-refractivity contribution in [1.29, 1.82) is 0 Å². The average molecular weight is 505 g/mol. The molecule has 2 unspecified atom stereocenters. The van der Waals surface area contributed by atoms with Crippen LogP contribution in [0.1, 0.15) is 51.4 Å². The first kappa shape index (κ1) is 29.1. The third-order valence-electron chi connectivity index (χ3n) is 6.06. The molecule has 0 aromatic carbocycles. The van der Waals surface area contributed by atoms with Gasteiger partial charge in [0.05, 0.1) is 8.07 Å². The quantitative estimate of drug-likeness (QED) is 0.261. The molecule has 0 radical (unpaired) electrons. The summed E-state index contributed by atoms with van der Waals surface area (Å²) in [6, 6.07) is 0. The van der Waals surface area contributed by atoms with E-state index in [0.29, 0.717) is 0 Å². The first-order valence-corrected chi connectivity index (χ1v) is 22.2. The molecule has 2 rings (SSSR count). The molecule has 2 atom stereocenters. The third kappa shape index (κ3) is 10.8. The van der Waals surface area contributed by atoms with Gasteiger partial charge in [-0.05, 0) is 49.5 Å².